The Bertz CT molecular complexity index is 1740. The Kier molecular flexibility index (Phi) is 4.11. The van der Waals surface area contributed by atoms with Crippen molar-refractivity contribution in [1.29, 1.82) is 0 Å². The molecule has 7 rings (SSSR count). The molecule has 0 fully saturated rings. The number of nitrogens with zero attached hydrogens (tertiary/aromatic N) is 3. The molecule has 0 aliphatic carbocycles. The summed E-state index contributed by atoms with van der Waals surface area (Å²) in [7, 11) is 0. The van der Waals surface area contributed by atoms with E-state index in [1.807, 2.05) is 54.9 Å². The van der Waals surface area contributed by atoms with Crippen LogP contribution in [0.4, 0.5) is 0 Å². The molecule has 4 aromatic heterocycles. The van der Waals surface area contributed by atoms with Crippen LogP contribution in [0.1, 0.15) is 0 Å². The summed E-state index contributed by atoms with van der Waals surface area (Å²) < 4.78 is 8.25. The lowest BCUT2D eigenvalue weighted by atomic mass is 10.0. The number of para-hydroxylation sites is 1. The molecule has 4 heteroatoms. The van der Waals surface area contributed by atoms with E-state index in [-0.39, 0.29) is 0 Å². The minimum Gasteiger partial charge on any atom is -0.464 e. The summed E-state index contributed by atoms with van der Waals surface area (Å²) in [5.41, 5.74) is 8.15. The van der Waals surface area contributed by atoms with Gasteiger partial charge in [-0.25, -0.2) is 0 Å². The Morgan fingerprint density at radius 1 is 0.618 bits per heavy atom. The summed E-state index contributed by atoms with van der Waals surface area (Å²) in [6.45, 7) is 0. The number of fused-ring (bicyclic) bond motifs is 5. The molecule has 0 unspecified atom stereocenters. The molecule has 0 spiro atoms. The van der Waals surface area contributed by atoms with Crippen LogP contribution < -0.4 is 0 Å². The number of pyridine rings is 2. The average molecular weight is 438 g/mol. The van der Waals surface area contributed by atoms with E-state index < -0.39 is 0 Å². The van der Waals surface area contributed by atoms with Crippen molar-refractivity contribution in [2.45, 2.75) is 0 Å². The minimum atomic E-state index is 0.915. The van der Waals surface area contributed by atoms with Crippen molar-refractivity contribution in [3.05, 3.63) is 116 Å². The lowest BCUT2D eigenvalue weighted by Gasteiger charge is -2.13. The largest absolute Gasteiger partial charge is 0.464 e. The lowest BCUT2D eigenvalue weighted by molar-refractivity contribution is 0.619. The molecule has 0 N–H and O–H groups in total. The molecule has 3 aromatic carbocycles. The number of furan rings is 1. The molecular formula is C30H19N3O. The highest BCUT2D eigenvalue weighted by Crippen LogP contribution is 2.38. The molecule has 0 radical (unpaired) electrons. The normalized spacial score (nSPS) is 11.5. The van der Waals surface area contributed by atoms with Gasteiger partial charge in [-0.2, -0.15) is 0 Å². The zero-order chi connectivity index (χ0) is 22.5. The van der Waals surface area contributed by atoms with Crippen LogP contribution >= 0.6 is 0 Å². The second-order valence-corrected chi connectivity index (χ2v) is 8.35. The first-order valence-corrected chi connectivity index (χ1v) is 11.2. The Morgan fingerprint density at radius 3 is 2.03 bits per heavy atom. The van der Waals surface area contributed by atoms with Gasteiger partial charge in [0.1, 0.15) is 5.58 Å². The van der Waals surface area contributed by atoms with Crippen LogP contribution in [0.5, 0.6) is 0 Å². The highest BCUT2D eigenvalue weighted by atomic mass is 16.3. The van der Waals surface area contributed by atoms with Crippen molar-refractivity contribution in [1.82, 2.24) is 14.5 Å². The van der Waals surface area contributed by atoms with Crippen molar-refractivity contribution >= 4 is 32.8 Å². The van der Waals surface area contributed by atoms with E-state index in [9.17, 15) is 0 Å². The average Bonchev–Trinajstić information content (AvgIpc) is 3.52. The fourth-order valence-corrected chi connectivity index (χ4v) is 4.86. The van der Waals surface area contributed by atoms with Gasteiger partial charge in [0.15, 0.2) is 0 Å². The molecule has 34 heavy (non-hydrogen) atoms. The van der Waals surface area contributed by atoms with Gasteiger partial charge in [-0.1, -0.05) is 30.3 Å². The van der Waals surface area contributed by atoms with Crippen molar-refractivity contribution in [3.63, 3.8) is 0 Å². The van der Waals surface area contributed by atoms with Crippen LogP contribution in [0.25, 0.3) is 61.0 Å². The predicted octanol–water partition coefficient (Wildman–Crippen LogP) is 7.65. The van der Waals surface area contributed by atoms with Crippen LogP contribution in [0.15, 0.2) is 120 Å². The van der Waals surface area contributed by atoms with E-state index in [2.05, 4.69) is 69.1 Å². The van der Waals surface area contributed by atoms with Gasteiger partial charge in [0.25, 0.3) is 0 Å². The summed E-state index contributed by atoms with van der Waals surface area (Å²) in [5.74, 6) is 0. The number of benzene rings is 3. The zero-order valence-electron chi connectivity index (χ0n) is 18.2. The van der Waals surface area contributed by atoms with Gasteiger partial charge in [-0.3, -0.25) is 9.97 Å². The van der Waals surface area contributed by atoms with Gasteiger partial charge >= 0.3 is 0 Å². The predicted molar refractivity (Wildman–Crippen MR) is 137 cm³/mol. The van der Waals surface area contributed by atoms with Crippen LogP contribution in [-0.4, -0.2) is 14.5 Å². The molecule has 0 amide bonds. The van der Waals surface area contributed by atoms with Crippen LogP contribution in [0.2, 0.25) is 0 Å². The summed E-state index contributed by atoms with van der Waals surface area (Å²) in [6.07, 6.45) is 5.42. The van der Waals surface area contributed by atoms with Crippen molar-refractivity contribution in [2.24, 2.45) is 0 Å². The minimum absolute atomic E-state index is 0.915. The molecule has 7 aromatic rings. The lowest BCUT2D eigenvalue weighted by Crippen LogP contribution is -1.97. The molecular weight excluding hydrogens is 418 g/mol. The Labute approximate surface area is 195 Å². The Balaban J connectivity index is 1.59. The van der Waals surface area contributed by atoms with Gasteiger partial charge in [0.05, 0.1) is 34.1 Å². The van der Waals surface area contributed by atoms with Gasteiger partial charge in [-0.05, 0) is 66.7 Å². The molecule has 0 saturated carbocycles. The fourth-order valence-electron chi connectivity index (χ4n) is 4.86. The highest BCUT2D eigenvalue weighted by Gasteiger charge is 2.17. The molecule has 0 saturated heterocycles. The summed E-state index contributed by atoms with van der Waals surface area (Å²) in [5, 5.41) is 3.40. The number of aromatic nitrogens is 3. The van der Waals surface area contributed by atoms with Crippen LogP contribution in [0.3, 0.4) is 0 Å². The van der Waals surface area contributed by atoms with Crippen molar-refractivity contribution in [3.8, 4) is 28.2 Å². The second-order valence-electron chi connectivity index (χ2n) is 8.35. The van der Waals surface area contributed by atoms with Gasteiger partial charge in [-0.15, -0.1) is 0 Å². The van der Waals surface area contributed by atoms with Crippen LogP contribution in [0, 0.1) is 0 Å². The third-order valence-corrected chi connectivity index (χ3v) is 6.35. The number of hydrogen-bond acceptors (Lipinski definition) is 3. The van der Waals surface area contributed by atoms with E-state index >= 15 is 0 Å². The van der Waals surface area contributed by atoms with E-state index in [1.54, 1.807) is 6.26 Å². The van der Waals surface area contributed by atoms with Crippen molar-refractivity contribution in [2.75, 3.05) is 0 Å². The highest BCUT2D eigenvalue weighted by molar-refractivity contribution is 6.19. The first kappa shape index (κ1) is 18.8. The third-order valence-electron chi connectivity index (χ3n) is 6.35. The fraction of sp³-hybridized carbons (Fsp3) is 0. The molecule has 160 valence electrons. The number of rotatable bonds is 3. The molecule has 4 heterocycles. The molecule has 4 nitrogen and oxygen atoms in total. The maximum atomic E-state index is 5.94. The van der Waals surface area contributed by atoms with E-state index in [0.29, 0.717) is 0 Å². The monoisotopic (exact) mass is 437 g/mol. The van der Waals surface area contributed by atoms with E-state index in [0.717, 1.165) is 55.6 Å². The van der Waals surface area contributed by atoms with E-state index in [4.69, 9.17) is 4.42 Å². The number of hydrogen-bond donors (Lipinski definition) is 0. The SMILES string of the molecule is c1ccc(-c2cc(-c3ccccn3)cc(-n3c4ccccc4c4c5occc5ccc43)c2)nc1. The Hall–Kier alpha value is -4.70. The quantitative estimate of drug-likeness (QED) is 0.285. The first-order valence-electron chi connectivity index (χ1n) is 11.2. The smallest absolute Gasteiger partial charge is 0.143 e. The zero-order valence-corrected chi connectivity index (χ0v) is 18.2. The summed E-state index contributed by atoms with van der Waals surface area (Å²) in [4.78, 5) is 9.24. The Morgan fingerprint density at radius 2 is 1.32 bits per heavy atom. The molecule has 0 aliphatic rings. The summed E-state index contributed by atoms with van der Waals surface area (Å²) in [6, 6.07) is 33.4. The molecule has 0 atom stereocenters. The van der Waals surface area contributed by atoms with Gasteiger partial charge < -0.3 is 8.98 Å². The topological polar surface area (TPSA) is 43.9 Å². The van der Waals surface area contributed by atoms with Crippen LogP contribution in [-0.2, 0) is 0 Å². The van der Waals surface area contributed by atoms with Gasteiger partial charge in [0, 0.05) is 40.0 Å². The summed E-state index contributed by atoms with van der Waals surface area (Å²) >= 11 is 0. The maximum absolute atomic E-state index is 5.94. The molecule has 0 aliphatic heterocycles. The third kappa shape index (κ3) is 2.86. The van der Waals surface area contributed by atoms with Gasteiger partial charge in [0.2, 0.25) is 0 Å². The maximum Gasteiger partial charge on any atom is 0.143 e. The standard InChI is InChI=1S/C30H19N3O/c1-2-10-27-24(7-1)29-28(12-11-20-13-16-34-30(20)29)33(27)23-18-21(25-8-3-5-14-31-25)17-22(19-23)26-9-4-6-15-32-26/h1-19H. The molecule has 0 bridgehead atoms. The first-order chi connectivity index (χ1) is 16.9. The van der Waals surface area contributed by atoms with E-state index in [1.165, 1.54) is 5.39 Å². The van der Waals surface area contributed by atoms with Crippen molar-refractivity contribution < 1.29 is 4.42 Å². The second kappa shape index (κ2) is 7.42.